The molecule has 0 fully saturated rings. The molecule has 0 saturated carbocycles. The Kier molecular flexibility index (Phi) is 3.57. The first kappa shape index (κ1) is 12.1. The molecule has 94 valence electrons. The van der Waals surface area contributed by atoms with E-state index < -0.39 is 0 Å². The molecule has 0 bridgehead atoms. The zero-order valence-corrected chi connectivity index (χ0v) is 10.2. The van der Waals surface area contributed by atoms with Crippen LogP contribution in [-0.2, 0) is 0 Å². The van der Waals surface area contributed by atoms with Crippen LogP contribution in [0.4, 0.5) is 5.69 Å². The molecule has 0 aliphatic rings. The van der Waals surface area contributed by atoms with E-state index in [9.17, 15) is 4.79 Å². The van der Waals surface area contributed by atoms with Gasteiger partial charge in [-0.2, -0.15) is 15.4 Å². The fourth-order valence-electron chi connectivity index (χ4n) is 1.51. The minimum atomic E-state index is -0.325. The number of amides is 1. The van der Waals surface area contributed by atoms with Crippen LogP contribution in [0.25, 0.3) is 0 Å². The number of anilines is 1. The number of hydrogen-bond acceptors (Lipinski definition) is 4. The molecular formula is C12H14N4O2. The Morgan fingerprint density at radius 2 is 2.33 bits per heavy atom. The van der Waals surface area contributed by atoms with Crippen LogP contribution in [0.5, 0.6) is 5.75 Å². The van der Waals surface area contributed by atoms with Crippen molar-refractivity contribution < 1.29 is 9.53 Å². The first-order valence-corrected chi connectivity index (χ1v) is 5.61. The van der Waals surface area contributed by atoms with Crippen molar-refractivity contribution in [2.45, 2.75) is 13.8 Å². The second-order valence-corrected chi connectivity index (χ2v) is 3.74. The summed E-state index contributed by atoms with van der Waals surface area (Å²) < 4.78 is 5.48. The standard InChI is InChI=1S/C12H14N4O2/c1-3-18-11-6-8(2)4-5-9(11)14-12(17)10-7-13-16-15-10/h4-7H,3H2,1-2H3,(H,14,17)(H,13,15,16). The van der Waals surface area contributed by atoms with E-state index in [4.69, 9.17) is 4.74 Å². The van der Waals surface area contributed by atoms with Crippen LogP contribution in [0.15, 0.2) is 24.4 Å². The third kappa shape index (κ3) is 2.65. The van der Waals surface area contributed by atoms with Gasteiger partial charge in [-0.3, -0.25) is 4.79 Å². The maximum absolute atomic E-state index is 11.8. The molecule has 1 aromatic heterocycles. The molecule has 2 N–H and O–H groups in total. The minimum Gasteiger partial charge on any atom is -0.492 e. The zero-order valence-electron chi connectivity index (χ0n) is 10.2. The molecule has 2 rings (SSSR count). The summed E-state index contributed by atoms with van der Waals surface area (Å²) in [5.41, 5.74) is 1.92. The summed E-state index contributed by atoms with van der Waals surface area (Å²) in [6.45, 7) is 4.40. The number of hydrogen-bond donors (Lipinski definition) is 2. The number of ether oxygens (including phenoxy) is 1. The van der Waals surface area contributed by atoms with Gasteiger partial charge in [0.2, 0.25) is 0 Å². The van der Waals surface area contributed by atoms with E-state index in [1.54, 1.807) is 6.07 Å². The normalized spacial score (nSPS) is 10.1. The van der Waals surface area contributed by atoms with Gasteiger partial charge in [-0.25, -0.2) is 0 Å². The Bertz CT molecular complexity index is 537. The molecule has 6 heteroatoms. The van der Waals surface area contributed by atoms with Gasteiger partial charge < -0.3 is 10.1 Å². The zero-order chi connectivity index (χ0) is 13.0. The number of rotatable bonds is 4. The Hall–Kier alpha value is -2.37. The minimum absolute atomic E-state index is 0.234. The van der Waals surface area contributed by atoms with Crippen molar-refractivity contribution >= 4 is 11.6 Å². The van der Waals surface area contributed by atoms with E-state index in [1.807, 2.05) is 26.0 Å². The van der Waals surface area contributed by atoms with Crippen molar-refractivity contribution in [3.63, 3.8) is 0 Å². The van der Waals surface area contributed by atoms with Gasteiger partial charge in [0.15, 0.2) is 5.69 Å². The summed E-state index contributed by atoms with van der Waals surface area (Å²) in [5, 5.41) is 12.4. The SMILES string of the molecule is CCOc1cc(C)ccc1NC(=O)c1cn[nH]n1. The van der Waals surface area contributed by atoms with E-state index >= 15 is 0 Å². The molecule has 0 aliphatic carbocycles. The highest BCUT2D eigenvalue weighted by Gasteiger charge is 2.12. The molecule has 2 aromatic rings. The topological polar surface area (TPSA) is 79.9 Å². The number of nitrogens with one attached hydrogen (secondary N) is 2. The van der Waals surface area contributed by atoms with Gasteiger partial charge in [-0.15, -0.1) is 0 Å². The van der Waals surface area contributed by atoms with Gasteiger partial charge in [0.25, 0.3) is 5.91 Å². The highest BCUT2D eigenvalue weighted by Crippen LogP contribution is 2.26. The van der Waals surface area contributed by atoms with Crippen molar-refractivity contribution in [3.8, 4) is 5.75 Å². The average Bonchev–Trinajstić information content (AvgIpc) is 2.86. The lowest BCUT2D eigenvalue weighted by Gasteiger charge is -2.11. The lowest BCUT2D eigenvalue weighted by molar-refractivity contribution is 0.102. The lowest BCUT2D eigenvalue weighted by atomic mass is 10.2. The molecule has 0 saturated heterocycles. The van der Waals surface area contributed by atoms with E-state index in [2.05, 4.69) is 20.7 Å². The average molecular weight is 246 g/mol. The summed E-state index contributed by atoms with van der Waals surface area (Å²) in [6.07, 6.45) is 1.36. The summed E-state index contributed by atoms with van der Waals surface area (Å²) in [7, 11) is 0. The number of carbonyl (C=O) groups excluding carboxylic acids is 1. The van der Waals surface area contributed by atoms with Crippen molar-refractivity contribution in [2.24, 2.45) is 0 Å². The second kappa shape index (κ2) is 5.31. The largest absolute Gasteiger partial charge is 0.492 e. The number of aryl methyl sites for hydroxylation is 1. The van der Waals surface area contributed by atoms with Gasteiger partial charge >= 0.3 is 0 Å². The number of aromatic nitrogens is 3. The molecular weight excluding hydrogens is 232 g/mol. The number of nitrogens with zero attached hydrogens (tertiary/aromatic N) is 2. The van der Waals surface area contributed by atoms with Crippen LogP contribution in [0.3, 0.4) is 0 Å². The van der Waals surface area contributed by atoms with Crippen LogP contribution < -0.4 is 10.1 Å². The molecule has 0 radical (unpaired) electrons. The predicted octanol–water partition coefficient (Wildman–Crippen LogP) is 1.76. The van der Waals surface area contributed by atoms with Gasteiger partial charge in [0.05, 0.1) is 18.5 Å². The summed E-state index contributed by atoms with van der Waals surface area (Å²) in [4.78, 5) is 11.8. The molecule has 1 heterocycles. The highest BCUT2D eigenvalue weighted by molar-refractivity contribution is 6.03. The third-order valence-electron chi connectivity index (χ3n) is 2.33. The molecule has 18 heavy (non-hydrogen) atoms. The monoisotopic (exact) mass is 246 g/mol. The predicted molar refractivity (Wildman–Crippen MR) is 66.7 cm³/mol. The molecule has 1 amide bonds. The van der Waals surface area contributed by atoms with E-state index in [1.165, 1.54) is 6.20 Å². The van der Waals surface area contributed by atoms with Gasteiger partial charge in [0.1, 0.15) is 5.75 Å². The molecule has 6 nitrogen and oxygen atoms in total. The third-order valence-corrected chi connectivity index (χ3v) is 2.33. The Balaban J connectivity index is 2.20. The van der Waals surface area contributed by atoms with Gasteiger partial charge in [-0.1, -0.05) is 6.07 Å². The summed E-state index contributed by atoms with van der Waals surface area (Å²) >= 11 is 0. The maximum atomic E-state index is 11.8. The molecule has 0 unspecified atom stereocenters. The van der Waals surface area contributed by atoms with Gasteiger partial charge in [-0.05, 0) is 31.5 Å². The smallest absolute Gasteiger partial charge is 0.277 e. The highest BCUT2D eigenvalue weighted by atomic mass is 16.5. The fraction of sp³-hybridized carbons (Fsp3) is 0.250. The van der Waals surface area contributed by atoms with Crippen LogP contribution >= 0.6 is 0 Å². The Morgan fingerprint density at radius 3 is 3.00 bits per heavy atom. The number of carbonyl (C=O) groups is 1. The lowest BCUT2D eigenvalue weighted by Crippen LogP contribution is -2.13. The molecule has 0 spiro atoms. The Morgan fingerprint density at radius 1 is 1.50 bits per heavy atom. The summed E-state index contributed by atoms with van der Waals surface area (Å²) in [5.74, 6) is 0.322. The van der Waals surface area contributed by atoms with Crippen molar-refractivity contribution in [3.05, 3.63) is 35.7 Å². The summed E-state index contributed by atoms with van der Waals surface area (Å²) in [6, 6.07) is 5.58. The number of H-pyrrole nitrogens is 1. The van der Waals surface area contributed by atoms with Crippen LogP contribution in [-0.4, -0.2) is 27.9 Å². The van der Waals surface area contributed by atoms with Gasteiger partial charge in [0, 0.05) is 0 Å². The van der Waals surface area contributed by atoms with Crippen LogP contribution in [0, 0.1) is 6.92 Å². The van der Waals surface area contributed by atoms with E-state index in [0.29, 0.717) is 18.0 Å². The fourth-order valence-corrected chi connectivity index (χ4v) is 1.51. The molecule has 0 aliphatic heterocycles. The maximum Gasteiger partial charge on any atom is 0.277 e. The van der Waals surface area contributed by atoms with Crippen molar-refractivity contribution in [1.82, 2.24) is 15.4 Å². The second-order valence-electron chi connectivity index (χ2n) is 3.74. The molecule has 0 atom stereocenters. The molecule has 1 aromatic carbocycles. The number of aromatic amines is 1. The first-order chi connectivity index (χ1) is 8.70. The van der Waals surface area contributed by atoms with Crippen molar-refractivity contribution in [1.29, 1.82) is 0 Å². The Labute approximate surface area is 104 Å². The quantitative estimate of drug-likeness (QED) is 0.861. The van der Waals surface area contributed by atoms with Crippen LogP contribution in [0.2, 0.25) is 0 Å². The first-order valence-electron chi connectivity index (χ1n) is 5.61. The van der Waals surface area contributed by atoms with E-state index in [0.717, 1.165) is 5.56 Å². The van der Waals surface area contributed by atoms with E-state index in [-0.39, 0.29) is 11.6 Å². The van der Waals surface area contributed by atoms with Crippen molar-refractivity contribution in [2.75, 3.05) is 11.9 Å². The van der Waals surface area contributed by atoms with Crippen LogP contribution in [0.1, 0.15) is 23.0 Å². The number of benzene rings is 1.